The highest BCUT2D eigenvalue weighted by atomic mass is 16.3. The zero-order valence-electron chi connectivity index (χ0n) is 11.3. The third-order valence-corrected chi connectivity index (χ3v) is 2.84. The average molecular weight is 257 g/mol. The molecule has 0 spiro atoms. The summed E-state index contributed by atoms with van der Waals surface area (Å²) in [6, 6.07) is 8.55. The normalized spacial score (nSPS) is 10.9. The highest BCUT2D eigenvalue weighted by Gasteiger charge is 2.07. The van der Waals surface area contributed by atoms with E-state index in [2.05, 4.69) is 35.2 Å². The van der Waals surface area contributed by atoms with E-state index >= 15 is 0 Å². The second-order valence-corrected chi connectivity index (χ2v) is 4.75. The molecule has 0 amide bonds. The summed E-state index contributed by atoms with van der Waals surface area (Å²) in [6.45, 7) is 4.94. The van der Waals surface area contributed by atoms with Crippen molar-refractivity contribution in [2.75, 3.05) is 0 Å². The lowest BCUT2D eigenvalue weighted by atomic mass is 10.0. The van der Waals surface area contributed by atoms with Crippen LogP contribution >= 0.6 is 0 Å². The van der Waals surface area contributed by atoms with Gasteiger partial charge < -0.3 is 10.4 Å². The first-order chi connectivity index (χ1) is 9.20. The Morgan fingerprint density at radius 1 is 1.21 bits per heavy atom. The smallest absolute Gasteiger partial charge is 0.0892 e. The SMILES string of the molecule is CC(C)NCc1ccccc1-c1cncc(CO)n1. The largest absolute Gasteiger partial charge is 0.390 e. The highest BCUT2D eigenvalue weighted by Crippen LogP contribution is 2.21. The Morgan fingerprint density at radius 3 is 2.74 bits per heavy atom. The molecule has 0 saturated carbocycles. The van der Waals surface area contributed by atoms with E-state index in [-0.39, 0.29) is 6.61 Å². The van der Waals surface area contributed by atoms with Crippen LogP contribution in [-0.4, -0.2) is 21.1 Å². The fourth-order valence-electron chi connectivity index (χ4n) is 1.85. The number of hydrogen-bond donors (Lipinski definition) is 2. The Morgan fingerprint density at radius 2 is 2.00 bits per heavy atom. The lowest BCUT2D eigenvalue weighted by molar-refractivity contribution is 0.276. The minimum absolute atomic E-state index is 0.0900. The molecule has 2 aromatic rings. The van der Waals surface area contributed by atoms with E-state index < -0.39 is 0 Å². The van der Waals surface area contributed by atoms with Crippen molar-refractivity contribution in [3.05, 3.63) is 47.9 Å². The number of rotatable bonds is 5. The molecule has 4 heteroatoms. The van der Waals surface area contributed by atoms with Gasteiger partial charge in [-0.1, -0.05) is 38.1 Å². The number of hydrogen-bond acceptors (Lipinski definition) is 4. The van der Waals surface area contributed by atoms with E-state index in [0.29, 0.717) is 11.7 Å². The van der Waals surface area contributed by atoms with Crippen LogP contribution in [-0.2, 0) is 13.2 Å². The highest BCUT2D eigenvalue weighted by molar-refractivity contribution is 5.62. The first kappa shape index (κ1) is 13.6. The number of aliphatic hydroxyl groups is 1. The maximum Gasteiger partial charge on any atom is 0.0892 e. The van der Waals surface area contributed by atoms with Gasteiger partial charge >= 0.3 is 0 Å². The molecule has 19 heavy (non-hydrogen) atoms. The van der Waals surface area contributed by atoms with E-state index in [1.807, 2.05) is 18.2 Å². The zero-order chi connectivity index (χ0) is 13.7. The van der Waals surface area contributed by atoms with Crippen LogP contribution < -0.4 is 5.32 Å². The van der Waals surface area contributed by atoms with Crippen molar-refractivity contribution in [2.24, 2.45) is 0 Å². The van der Waals surface area contributed by atoms with E-state index in [9.17, 15) is 0 Å². The van der Waals surface area contributed by atoms with Crippen LogP contribution in [0.2, 0.25) is 0 Å². The van der Waals surface area contributed by atoms with Crippen molar-refractivity contribution >= 4 is 0 Å². The van der Waals surface area contributed by atoms with Gasteiger partial charge in [-0.2, -0.15) is 0 Å². The van der Waals surface area contributed by atoms with Crippen LogP contribution in [0, 0.1) is 0 Å². The van der Waals surface area contributed by atoms with Crippen LogP contribution in [0.3, 0.4) is 0 Å². The number of nitrogens with zero attached hydrogens (tertiary/aromatic N) is 2. The molecular formula is C15H19N3O. The maximum absolute atomic E-state index is 9.14. The molecule has 0 aliphatic carbocycles. The molecule has 0 aliphatic heterocycles. The van der Waals surface area contributed by atoms with Gasteiger partial charge in [0.15, 0.2) is 0 Å². The summed E-state index contributed by atoms with van der Waals surface area (Å²) in [6.07, 6.45) is 3.31. The predicted molar refractivity (Wildman–Crippen MR) is 75.4 cm³/mol. The van der Waals surface area contributed by atoms with Gasteiger partial charge in [0, 0.05) is 18.2 Å². The lowest BCUT2D eigenvalue weighted by Gasteiger charge is -2.12. The van der Waals surface area contributed by atoms with Crippen molar-refractivity contribution in [1.29, 1.82) is 0 Å². The van der Waals surface area contributed by atoms with Crippen molar-refractivity contribution in [3.63, 3.8) is 0 Å². The lowest BCUT2D eigenvalue weighted by Crippen LogP contribution is -2.22. The van der Waals surface area contributed by atoms with Crippen LogP contribution in [0.15, 0.2) is 36.7 Å². The Kier molecular flexibility index (Phi) is 4.60. The maximum atomic E-state index is 9.14. The summed E-state index contributed by atoms with van der Waals surface area (Å²) in [5, 5.41) is 12.5. The van der Waals surface area contributed by atoms with Gasteiger partial charge in [0.2, 0.25) is 0 Å². The molecule has 0 aliphatic rings. The molecule has 0 unspecified atom stereocenters. The van der Waals surface area contributed by atoms with Crippen LogP contribution in [0.4, 0.5) is 0 Å². The van der Waals surface area contributed by atoms with E-state index in [4.69, 9.17) is 5.11 Å². The van der Waals surface area contributed by atoms with Crippen LogP contribution in [0.5, 0.6) is 0 Å². The summed E-state index contributed by atoms with van der Waals surface area (Å²) in [5.74, 6) is 0. The van der Waals surface area contributed by atoms with Crippen molar-refractivity contribution in [2.45, 2.75) is 33.0 Å². The number of nitrogens with one attached hydrogen (secondary N) is 1. The van der Waals surface area contributed by atoms with Crippen molar-refractivity contribution in [3.8, 4) is 11.3 Å². The summed E-state index contributed by atoms with van der Waals surface area (Å²) < 4.78 is 0. The van der Waals surface area contributed by atoms with E-state index in [0.717, 1.165) is 17.8 Å². The number of aliphatic hydroxyl groups excluding tert-OH is 1. The first-order valence-electron chi connectivity index (χ1n) is 6.44. The molecule has 1 aromatic carbocycles. The topological polar surface area (TPSA) is 58.0 Å². The summed E-state index contributed by atoms with van der Waals surface area (Å²) in [7, 11) is 0. The van der Waals surface area contributed by atoms with E-state index in [1.54, 1.807) is 12.4 Å². The Labute approximate surface area is 113 Å². The standard InChI is InChI=1S/C15H19N3O/c1-11(2)17-7-12-5-3-4-6-14(12)15-9-16-8-13(10-19)18-15/h3-6,8-9,11,17,19H,7,10H2,1-2H3. The molecule has 0 saturated heterocycles. The fourth-order valence-corrected chi connectivity index (χ4v) is 1.85. The molecule has 0 atom stereocenters. The van der Waals surface area contributed by atoms with Gasteiger partial charge in [-0.3, -0.25) is 4.98 Å². The summed E-state index contributed by atoms with van der Waals surface area (Å²) in [4.78, 5) is 8.53. The van der Waals surface area contributed by atoms with Gasteiger partial charge in [-0.15, -0.1) is 0 Å². The van der Waals surface area contributed by atoms with Crippen LogP contribution in [0.1, 0.15) is 25.1 Å². The molecular weight excluding hydrogens is 238 g/mol. The molecule has 0 bridgehead atoms. The van der Waals surface area contributed by atoms with Gasteiger partial charge in [-0.25, -0.2) is 4.98 Å². The minimum atomic E-state index is -0.0900. The van der Waals surface area contributed by atoms with Crippen molar-refractivity contribution in [1.82, 2.24) is 15.3 Å². The first-order valence-corrected chi connectivity index (χ1v) is 6.44. The quantitative estimate of drug-likeness (QED) is 0.861. The monoisotopic (exact) mass is 257 g/mol. The molecule has 0 radical (unpaired) electrons. The molecule has 1 heterocycles. The van der Waals surface area contributed by atoms with Gasteiger partial charge in [0.05, 0.1) is 30.4 Å². The zero-order valence-corrected chi connectivity index (χ0v) is 11.3. The molecule has 0 fully saturated rings. The van der Waals surface area contributed by atoms with E-state index in [1.165, 1.54) is 5.56 Å². The number of aromatic nitrogens is 2. The third kappa shape index (κ3) is 3.59. The van der Waals surface area contributed by atoms with Gasteiger partial charge in [-0.05, 0) is 5.56 Å². The Bertz CT molecular complexity index is 540. The molecule has 2 rings (SSSR count). The Hall–Kier alpha value is -1.78. The molecule has 100 valence electrons. The molecule has 2 N–H and O–H groups in total. The Balaban J connectivity index is 2.32. The second kappa shape index (κ2) is 6.41. The minimum Gasteiger partial charge on any atom is -0.390 e. The predicted octanol–water partition coefficient (Wildman–Crippen LogP) is 2.13. The average Bonchev–Trinajstić information content (AvgIpc) is 2.45. The van der Waals surface area contributed by atoms with Crippen LogP contribution in [0.25, 0.3) is 11.3 Å². The van der Waals surface area contributed by atoms with Crippen molar-refractivity contribution < 1.29 is 5.11 Å². The van der Waals surface area contributed by atoms with Gasteiger partial charge in [0.1, 0.15) is 0 Å². The molecule has 4 nitrogen and oxygen atoms in total. The molecule has 1 aromatic heterocycles. The van der Waals surface area contributed by atoms with Gasteiger partial charge in [0.25, 0.3) is 0 Å². The third-order valence-electron chi connectivity index (χ3n) is 2.84. The number of benzene rings is 1. The fraction of sp³-hybridized carbons (Fsp3) is 0.333. The summed E-state index contributed by atoms with van der Waals surface area (Å²) in [5.41, 5.74) is 3.62. The summed E-state index contributed by atoms with van der Waals surface area (Å²) >= 11 is 0. The second-order valence-electron chi connectivity index (χ2n) is 4.75.